The molecule has 0 saturated carbocycles. The van der Waals surface area contributed by atoms with Gasteiger partial charge in [-0.05, 0) is 32.5 Å². The van der Waals surface area contributed by atoms with Gasteiger partial charge in [0.05, 0.1) is 18.7 Å². The highest BCUT2D eigenvalue weighted by Crippen LogP contribution is 2.35. The molecule has 2 aliphatic rings. The summed E-state index contributed by atoms with van der Waals surface area (Å²) in [4.78, 5) is 2.45. The Hall–Kier alpha value is -1.10. The van der Waals surface area contributed by atoms with Crippen LogP contribution in [0.5, 0.6) is 5.75 Å². The Bertz CT molecular complexity index is 460. The van der Waals surface area contributed by atoms with E-state index in [-0.39, 0.29) is 0 Å². The first-order chi connectivity index (χ1) is 10.3. The number of para-hydroxylation sites is 1. The summed E-state index contributed by atoms with van der Waals surface area (Å²) in [5.41, 5.74) is 1.29. The van der Waals surface area contributed by atoms with E-state index in [0.29, 0.717) is 18.1 Å². The van der Waals surface area contributed by atoms with Crippen LogP contribution in [0.4, 0.5) is 0 Å². The molecule has 116 valence electrons. The Balaban J connectivity index is 1.81. The van der Waals surface area contributed by atoms with E-state index >= 15 is 0 Å². The van der Waals surface area contributed by atoms with E-state index in [0.717, 1.165) is 45.0 Å². The van der Waals surface area contributed by atoms with E-state index < -0.39 is 0 Å². The molecular formula is C17H26N2O2. The SMILES string of the molecule is CCCNC1c2ccccc2OCC1N(C)C1CCOC1. The van der Waals surface area contributed by atoms with Crippen molar-refractivity contribution in [2.45, 2.75) is 37.9 Å². The van der Waals surface area contributed by atoms with Gasteiger partial charge in [0.2, 0.25) is 0 Å². The summed E-state index contributed by atoms with van der Waals surface area (Å²) < 4.78 is 11.6. The smallest absolute Gasteiger partial charge is 0.124 e. The topological polar surface area (TPSA) is 33.7 Å². The van der Waals surface area contributed by atoms with Crippen molar-refractivity contribution < 1.29 is 9.47 Å². The number of hydrogen-bond acceptors (Lipinski definition) is 4. The first kappa shape index (κ1) is 14.8. The molecule has 0 bridgehead atoms. The van der Waals surface area contributed by atoms with E-state index in [1.807, 2.05) is 6.07 Å². The van der Waals surface area contributed by atoms with Gasteiger partial charge in [0.1, 0.15) is 12.4 Å². The number of benzene rings is 1. The highest BCUT2D eigenvalue weighted by Gasteiger charge is 2.36. The van der Waals surface area contributed by atoms with Crippen molar-refractivity contribution in [3.05, 3.63) is 29.8 Å². The summed E-state index contributed by atoms with van der Waals surface area (Å²) in [7, 11) is 2.21. The average Bonchev–Trinajstić information content (AvgIpc) is 3.06. The molecule has 0 amide bonds. The number of hydrogen-bond donors (Lipinski definition) is 1. The van der Waals surface area contributed by atoms with Crippen molar-refractivity contribution in [1.82, 2.24) is 10.2 Å². The van der Waals surface area contributed by atoms with E-state index in [4.69, 9.17) is 9.47 Å². The molecule has 3 rings (SSSR count). The minimum absolute atomic E-state index is 0.334. The second kappa shape index (κ2) is 6.77. The largest absolute Gasteiger partial charge is 0.492 e. The van der Waals surface area contributed by atoms with Gasteiger partial charge in [-0.15, -0.1) is 0 Å². The van der Waals surface area contributed by atoms with Crippen LogP contribution in [-0.2, 0) is 4.74 Å². The fourth-order valence-corrected chi connectivity index (χ4v) is 3.36. The van der Waals surface area contributed by atoms with Crippen molar-refractivity contribution in [1.29, 1.82) is 0 Å². The summed E-state index contributed by atoms with van der Waals surface area (Å²) >= 11 is 0. The number of nitrogens with zero attached hydrogens (tertiary/aromatic N) is 1. The van der Waals surface area contributed by atoms with Crippen molar-refractivity contribution in [2.75, 3.05) is 33.4 Å². The lowest BCUT2D eigenvalue weighted by Gasteiger charge is -2.41. The predicted molar refractivity (Wildman–Crippen MR) is 83.7 cm³/mol. The number of fused-ring (bicyclic) bond motifs is 1. The number of likely N-dealkylation sites (N-methyl/N-ethyl adjacent to an activating group) is 1. The minimum atomic E-state index is 0.334. The zero-order chi connectivity index (χ0) is 14.7. The molecule has 2 heterocycles. The molecule has 0 spiro atoms. The highest BCUT2D eigenvalue weighted by atomic mass is 16.5. The molecule has 0 aliphatic carbocycles. The van der Waals surface area contributed by atoms with Crippen LogP contribution in [0.1, 0.15) is 31.4 Å². The molecule has 3 unspecified atom stereocenters. The maximum atomic E-state index is 6.00. The van der Waals surface area contributed by atoms with Crippen molar-refractivity contribution in [2.24, 2.45) is 0 Å². The first-order valence-electron chi connectivity index (χ1n) is 8.06. The molecule has 1 saturated heterocycles. The van der Waals surface area contributed by atoms with Crippen LogP contribution in [0.15, 0.2) is 24.3 Å². The van der Waals surface area contributed by atoms with Gasteiger partial charge in [-0.3, -0.25) is 4.90 Å². The number of rotatable bonds is 5. The number of nitrogens with one attached hydrogen (secondary N) is 1. The Morgan fingerprint density at radius 1 is 1.29 bits per heavy atom. The van der Waals surface area contributed by atoms with Crippen molar-refractivity contribution in [3.8, 4) is 5.75 Å². The van der Waals surface area contributed by atoms with Crippen LogP contribution in [0, 0.1) is 0 Å². The molecule has 1 aromatic rings. The van der Waals surface area contributed by atoms with Gasteiger partial charge in [-0.2, -0.15) is 0 Å². The Morgan fingerprint density at radius 2 is 2.14 bits per heavy atom. The third-order valence-corrected chi connectivity index (χ3v) is 4.67. The summed E-state index contributed by atoms with van der Waals surface area (Å²) in [6, 6.07) is 9.61. The van der Waals surface area contributed by atoms with Crippen molar-refractivity contribution >= 4 is 0 Å². The Labute approximate surface area is 127 Å². The third-order valence-electron chi connectivity index (χ3n) is 4.67. The zero-order valence-electron chi connectivity index (χ0n) is 13.0. The fourth-order valence-electron chi connectivity index (χ4n) is 3.36. The van der Waals surface area contributed by atoms with Gasteiger partial charge in [-0.25, -0.2) is 0 Å². The molecular weight excluding hydrogens is 264 g/mol. The summed E-state index contributed by atoms with van der Waals surface area (Å²) in [5, 5.41) is 3.72. The van der Waals surface area contributed by atoms with E-state index in [1.54, 1.807) is 0 Å². The van der Waals surface area contributed by atoms with Crippen LogP contribution >= 0.6 is 0 Å². The van der Waals surface area contributed by atoms with Crippen LogP contribution in [0.2, 0.25) is 0 Å². The van der Waals surface area contributed by atoms with Crippen LogP contribution in [-0.4, -0.2) is 50.4 Å². The van der Waals surface area contributed by atoms with Crippen molar-refractivity contribution in [3.63, 3.8) is 0 Å². The second-order valence-electron chi connectivity index (χ2n) is 6.03. The normalized spacial score (nSPS) is 28.4. The van der Waals surface area contributed by atoms with Crippen LogP contribution < -0.4 is 10.1 Å². The third kappa shape index (κ3) is 3.07. The molecule has 2 aliphatic heterocycles. The van der Waals surface area contributed by atoms with E-state index in [9.17, 15) is 0 Å². The first-order valence-corrected chi connectivity index (χ1v) is 8.06. The quantitative estimate of drug-likeness (QED) is 0.901. The lowest BCUT2D eigenvalue weighted by molar-refractivity contribution is 0.0660. The molecule has 1 aromatic carbocycles. The van der Waals surface area contributed by atoms with Gasteiger partial charge >= 0.3 is 0 Å². The van der Waals surface area contributed by atoms with Crippen LogP contribution in [0.3, 0.4) is 0 Å². The Morgan fingerprint density at radius 3 is 2.90 bits per heavy atom. The fraction of sp³-hybridized carbons (Fsp3) is 0.647. The van der Waals surface area contributed by atoms with E-state index in [1.165, 1.54) is 5.56 Å². The van der Waals surface area contributed by atoms with Gasteiger partial charge in [0, 0.05) is 18.2 Å². The van der Waals surface area contributed by atoms with Crippen LogP contribution in [0.25, 0.3) is 0 Å². The maximum absolute atomic E-state index is 6.00. The Kier molecular flexibility index (Phi) is 4.78. The molecule has 1 N–H and O–H groups in total. The van der Waals surface area contributed by atoms with Gasteiger partial charge in [0.25, 0.3) is 0 Å². The molecule has 0 aromatic heterocycles. The lowest BCUT2D eigenvalue weighted by Crippen LogP contribution is -2.52. The van der Waals surface area contributed by atoms with Gasteiger partial charge < -0.3 is 14.8 Å². The zero-order valence-corrected chi connectivity index (χ0v) is 13.0. The maximum Gasteiger partial charge on any atom is 0.124 e. The molecule has 0 radical (unpaired) electrons. The summed E-state index contributed by atoms with van der Waals surface area (Å²) in [6.07, 6.45) is 2.26. The average molecular weight is 290 g/mol. The molecule has 3 atom stereocenters. The van der Waals surface area contributed by atoms with E-state index in [2.05, 4.69) is 42.4 Å². The molecule has 1 fully saturated rings. The standard InChI is InChI=1S/C17H26N2O2/c1-3-9-18-17-14-6-4-5-7-16(14)21-12-15(17)19(2)13-8-10-20-11-13/h4-7,13,15,17-18H,3,8-12H2,1-2H3. The number of ether oxygens (including phenoxy) is 2. The predicted octanol–water partition coefficient (Wildman–Crippen LogP) is 2.21. The highest BCUT2D eigenvalue weighted by molar-refractivity contribution is 5.38. The molecule has 4 heteroatoms. The summed E-state index contributed by atoms with van der Waals surface area (Å²) in [5.74, 6) is 1.03. The minimum Gasteiger partial charge on any atom is -0.492 e. The summed E-state index contributed by atoms with van der Waals surface area (Å²) in [6.45, 7) is 5.71. The monoisotopic (exact) mass is 290 g/mol. The van der Waals surface area contributed by atoms with Gasteiger partial charge in [0.15, 0.2) is 0 Å². The lowest BCUT2D eigenvalue weighted by atomic mass is 9.94. The second-order valence-corrected chi connectivity index (χ2v) is 6.03. The molecule has 4 nitrogen and oxygen atoms in total. The molecule has 21 heavy (non-hydrogen) atoms. The van der Waals surface area contributed by atoms with Gasteiger partial charge in [-0.1, -0.05) is 25.1 Å².